The number of nitrogens with one attached hydrogen (secondary N) is 3. The van der Waals surface area contributed by atoms with E-state index in [1.54, 1.807) is 30.3 Å². The van der Waals surface area contributed by atoms with Crippen molar-refractivity contribution in [1.82, 2.24) is 25.5 Å². The number of aliphatic carboxylic acids is 1. The van der Waals surface area contributed by atoms with Crippen molar-refractivity contribution in [2.24, 2.45) is 11.5 Å². The van der Waals surface area contributed by atoms with Gasteiger partial charge in [0.1, 0.15) is 18.1 Å². The summed E-state index contributed by atoms with van der Waals surface area (Å²) in [7, 11) is 0. The molecule has 1 fully saturated rings. The van der Waals surface area contributed by atoms with E-state index in [4.69, 9.17) is 11.5 Å². The number of carbonyl (C=O) groups is 5. The van der Waals surface area contributed by atoms with Crippen molar-refractivity contribution >= 4 is 29.6 Å². The van der Waals surface area contributed by atoms with Crippen molar-refractivity contribution in [1.29, 1.82) is 0 Å². The van der Waals surface area contributed by atoms with Crippen LogP contribution < -0.4 is 22.1 Å². The van der Waals surface area contributed by atoms with Gasteiger partial charge in [0.15, 0.2) is 0 Å². The molecule has 3 rings (SSSR count). The maximum atomic E-state index is 13.3. The summed E-state index contributed by atoms with van der Waals surface area (Å²) < 4.78 is 0. The monoisotopic (exact) mass is 513 g/mol. The average molecular weight is 514 g/mol. The number of nitrogens with two attached hydrogens (primary N) is 2. The van der Waals surface area contributed by atoms with Crippen LogP contribution in [0.25, 0.3) is 0 Å². The molecule has 37 heavy (non-hydrogen) atoms. The van der Waals surface area contributed by atoms with Gasteiger partial charge in [-0.2, -0.15) is 0 Å². The number of aromatic nitrogens is 2. The summed E-state index contributed by atoms with van der Waals surface area (Å²) in [4.78, 5) is 70.4. The Bertz CT molecular complexity index is 1110. The van der Waals surface area contributed by atoms with E-state index in [0.717, 1.165) is 10.5 Å². The largest absolute Gasteiger partial charge is 0.480 e. The lowest BCUT2D eigenvalue weighted by atomic mass is 10.0. The highest BCUT2D eigenvalue weighted by atomic mass is 16.4. The average Bonchev–Trinajstić information content (AvgIpc) is 3.55. The van der Waals surface area contributed by atoms with Gasteiger partial charge in [0, 0.05) is 31.3 Å². The van der Waals surface area contributed by atoms with Crippen LogP contribution in [0.5, 0.6) is 0 Å². The summed E-state index contributed by atoms with van der Waals surface area (Å²) in [5, 5.41) is 14.6. The zero-order valence-electron chi connectivity index (χ0n) is 20.1. The predicted molar refractivity (Wildman–Crippen MR) is 130 cm³/mol. The summed E-state index contributed by atoms with van der Waals surface area (Å²) in [5.74, 6) is -4.09. The van der Waals surface area contributed by atoms with E-state index in [9.17, 15) is 29.1 Å². The SMILES string of the molecule is NC(=O)CC(NC(=O)C(Cc1ccccc1)NC(=O)C(N)Cc1cnc[nH]1)C(=O)N1CCCC1C(=O)O. The van der Waals surface area contributed by atoms with Crippen molar-refractivity contribution in [3.63, 3.8) is 0 Å². The fourth-order valence-corrected chi connectivity index (χ4v) is 4.22. The van der Waals surface area contributed by atoms with Crippen LogP contribution in [0.1, 0.15) is 30.5 Å². The number of rotatable bonds is 12. The minimum Gasteiger partial charge on any atom is -0.480 e. The molecule has 2 aromatic rings. The Hall–Kier alpha value is -4.26. The number of primary amides is 1. The molecule has 1 aromatic heterocycles. The number of amides is 4. The molecule has 0 saturated carbocycles. The first-order chi connectivity index (χ1) is 17.7. The highest BCUT2D eigenvalue weighted by Crippen LogP contribution is 2.19. The van der Waals surface area contributed by atoms with E-state index >= 15 is 0 Å². The van der Waals surface area contributed by atoms with E-state index < -0.39 is 60.2 Å². The van der Waals surface area contributed by atoms with E-state index in [0.29, 0.717) is 12.1 Å². The molecule has 1 aromatic carbocycles. The highest BCUT2D eigenvalue weighted by Gasteiger charge is 2.39. The summed E-state index contributed by atoms with van der Waals surface area (Å²) in [6.07, 6.45) is 3.42. The number of benzene rings is 1. The Morgan fingerprint density at radius 3 is 2.41 bits per heavy atom. The van der Waals surface area contributed by atoms with Crippen LogP contribution in [0, 0.1) is 0 Å². The lowest BCUT2D eigenvalue weighted by Crippen LogP contribution is -2.58. The molecule has 0 bridgehead atoms. The normalized spacial score (nSPS) is 17.4. The minimum absolute atomic E-state index is 0.0775. The number of likely N-dealkylation sites (tertiary alicyclic amines) is 1. The Morgan fingerprint density at radius 2 is 1.78 bits per heavy atom. The number of hydrogen-bond acceptors (Lipinski definition) is 7. The quantitative estimate of drug-likeness (QED) is 0.195. The van der Waals surface area contributed by atoms with E-state index in [1.807, 2.05) is 0 Å². The van der Waals surface area contributed by atoms with Crippen molar-refractivity contribution in [2.45, 2.75) is 56.3 Å². The summed E-state index contributed by atoms with van der Waals surface area (Å²) in [5.41, 5.74) is 12.7. The first kappa shape index (κ1) is 27.3. The molecule has 1 saturated heterocycles. The number of hydrogen-bond donors (Lipinski definition) is 6. The topological polar surface area (TPSA) is 214 Å². The zero-order chi connectivity index (χ0) is 26.9. The lowest BCUT2D eigenvalue weighted by Gasteiger charge is -2.28. The Morgan fingerprint density at radius 1 is 1.08 bits per heavy atom. The molecule has 198 valence electrons. The molecule has 13 nitrogen and oxygen atoms in total. The number of aromatic amines is 1. The molecule has 4 amide bonds. The molecule has 0 aliphatic carbocycles. The molecule has 2 heterocycles. The second kappa shape index (κ2) is 12.6. The van der Waals surface area contributed by atoms with Crippen LogP contribution in [0.15, 0.2) is 42.9 Å². The van der Waals surface area contributed by atoms with E-state index in [2.05, 4.69) is 20.6 Å². The first-order valence-electron chi connectivity index (χ1n) is 11.8. The molecule has 4 unspecified atom stereocenters. The smallest absolute Gasteiger partial charge is 0.326 e. The lowest BCUT2D eigenvalue weighted by molar-refractivity contribution is -0.149. The molecular formula is C24H31N7O6. The maximum Gasteiger partial charge on any atom is 0.326 e. The number of carboxylic acids is 1. The predicted octanol–water partition coefficient (Wildman–Crippen LogP) is -1.56. The third-order valence-electron chi connectivity index (χ3n) is 6.09. The molecule has 1 aliphatic rings. The third-order valence-corrected chi connectivity index (χ3v) is 6.09. The summed E-state index contributed by atoms with van der Waals surface area (Å²) >= 11 is 0. The van der Waals surface area contributed by atoms with Crippen LogP contribution in [-0.4, -0.2) is 80.3 Å². The number of nitrogens with zero attached hydrogens (tertiary/aromatic N) is 2. The second-order valence-corrected chi connectivity index (χ2v) is 8.90. The van der Waals surface area contributed by atoms with Crippen LogP contribution >= 0.6 is 0 Å². The molecule has 8 N–H and O–H groups in total. The molecule has 1 aliphatic heterocycles. The number of carbonyl (C=O) groups excluding carboxylic acids is 4. The van der Waals surface area contributed by atoms with Gasteiger partial charge in [-0.25, -0.2) is 9.78 Å². The van der Waals surface area contributed by atoms with Gasteiger partial charge in [-0.3, -0.25) is 19.2 Å². The van der Waals surface area contributed by atoms with Crippen LogP contribution in [-0.2, 0) is 36.8 Å². The second-order valence-electron chi connectivity index (χ2n) is 8.90. The Balaban J connectivity index is 1.77. The minimum atomic E-state index is -1.39. The molecule has 13 heteroatoms. The molecule has 4 atom stereocenters. The van der Waals surface area contributed by atoms with Crippen molar-refractivity contribution in [3.05, 3.63) is 54.1 Å². The van der Waals surface area contributed by atoms with Crippen molar-refractivity contribution in [3.8, 4) is 0 Å². The van der Waals surface area contributed by atoms with Gasteiger partial charge in [0.05, 0.1) is 18.8 Å². The van der Waals surface area contributed by atoms with Gasteiger partial charge in [-0.15, -0.1) is 0 Å². The molecular weight excluding hydrogens is 482 g/mol. The fourth-order valence-electron chi connectivity index (χ4n) is 4.22. The van der Waals surface area contributed by atoms with Gasteiger partial charge < -0.3 is 37.1 Å². The molecule has 0 radical (unpaired) electrons. The maximum absolute atomic E-state index is 13.3. The summed E-state index contributed by atoms with van der Waals surface area (Å²) in [6, 6.07) is 4.31. The Kier molecular flexibility index (Phi) is 9.33. The van der Waals surface area contributed by atoms with Gasteiger partial charge in [0.2, 0.25) is 23.6 Å². The van der Waals surface area contributed by atoms with Crippen molar-refractivity contribution < 1.29 is 29.1 Å². The van der Waals surface area contributed by atoms with Gasteiger partial charge >= 0.3 is 5.97 Å². The highest BCUT2D eigenvalue weighted by molar-refractivity contribution is 5.96. The number of carboxylic acid groups (broad SMARTS) is 1. The Labute approximate surface area is 213 Å². The third kappa shape index (κ3) is 7.61. The van der Waals surface area contributed by atoms with E-state index in [-0.39, 0.29) is 25.8 Å². The standard InChI is InChI=1S/C24H31N7O6/c25-16(10-15-12-27-13-28-15)21(33)29-17(9-14-5-2-1-3-6-14)22(34)30-18(11-20(26)32)23(35)31-8-4-7-19(31)24(36)37/h1-3,5-6,12-13,16-19H,4,7-11,25H2,(H2,26,32)(H,27,28)(H,29,33)(H,30,34)(H,36,37). The van der Waals surface area contributed by atoms with Gasteiger partial charge in [-0.1, -0.05) is 30.3 Å². The zero-order valence-corrected chi connectivity index (χ0v) is 20.1. The number of H-pyrrole nitrogens is 1. The van der Waals surface area contributed by atoms with Crippen LogP contribution in [0.2, 0.25) is 0 Å². The van der Waals surface area contributed by atoms with Crippen LogP contribution in [0.4, 0.5) is 0 Å². The van der Waals surface area contributed by atoms with Crippen molar-refractivity contribution in [2.75, 3.05) is 6.54 Å². The molecule has 0 spiro atoms. The van der Waals surface area contributed by atoms with Crippen LogP contribution in [0.3, 0.4) is 0 Å². The summed E-state index contributed by atoms with van der Waals surface area (Å²) in [6.45, 7) is 0.174. The first-order valence-corrected chi connectivity index (χ1v) is 11.8. The number of imidazole rings is 1. The van der Waals surface area contributed by atoms with E-state index in [1.165, 1.54) is 12.5 Å². The van der Waals surface area contributed by atoms with Gasteiger partial charge in [-0.05, 0) is 18.4 Å². The van der Waals surface area contributed by atoms with Gasteiger partial charge in [0.25, 0.3) is 0 Å². The fraction of sp³-hybridized carbons (Fsp3) is 0.417.